The van der Waals surface area contributed by atoms with Gasteiger partial charge in [-0.1, -0.05) is 0 Å². The molecule has 0 spiro atoms. The number of rotatable bonds is 0. The number of pyridine rings is 1. The smallest absolute Gasteiger partial charge is 0.137 e. The molecule has 0 aliphatic rings. The lowest BCUT2D eigenvalue weighted by molar-refractivity contribution is 0.592. The maximum absolute atomic E-state index is 13.3. The molecule has 0 aliphatic heterocycles. The van der Waals surface area contributed by atoms with Crippen molar-refractivity contribution in [2.45, 2.75) is 0 Å². The van der Waals surface area contributed by atoms with Crippen molar-refractivity contribution in [2.75, 3.05) is 5.73 Å². The summed E-state index contributed by atoms with van der Waals surface area (Å²) in [6.07, 6.45) is 1.41. The third kappa shape index (κ3) is 1.33. The van der Waals surface area contributed by atoms with Crippen LogP contribution in [0.5, 0.6) is 0 Å². The van der Waals surface area contributed by atoms with Gasteiger partial charge in [0.2, 0.25) is 0 Å². The average Bonchev–Trinajstić information content (AvgIpc) is 2.10. The van der Waals surface area contributed by atoms with Gasteiger partial charge in [-0.25, -0.2) is 8.78 Å². The normalized spacial score (nSPS) is 10.8. The summed E-state index contributed by atoms with van der Waals surface area (Å²) in [6, 6.07) is 1.92. The molecule has 0 saturated heterocycles. The minimum atomic E-state index is -0.702. The van der Waals surface area contributed by atoms with Crippen LogP contribution in [0, 0.1) is 11.6 Å². The first-order chi connectivity index (χ1) is 6.59. The Bertz CT molecular complexity index is 514. The first-order valence-corrected chi connectivity index (χ1v) is 4.57. The van der Waals surface area contributed by atoms with Gasteiger partial charge in [-0.05, 0) is 15.9 Å². The molecule has 1 heterocycles. The van der Waals surface area contributed by atoms with Gasteiger partial charge in [-0.15, -0.1) is 0 Å². The number of hydrogen-bond acceptors (Lipinski definition) is 2. The summed E-state index contributed by atoms with van der Waals surface area (Å²) in [4.78, 5) is 3.86. The summed E-state index contributed by atoms with van der Waals surface area (Å²) >= 11 is 3.12. The third-order valence-corrected chi connectivity index (χ3v) is 2.51. The van der Waals surface area contributed by atoms with Crippen molar-refractivity contribution in [3.05, 3.63) is 34.4 Å². The molecule has 0 amide bonds. The number of halogens is 3. The van der Waals surface area contributed by atoms with Crippen LogP contribution in [-0.4, -0.2) is 4.98 Å². The number of benzene rings is 1. The highest BCUT2D eigenvalue weighted by atomic mass is 79.9. The van der Waals surface area contributed by atoms with Crippen molar-refractivity contribution in [3.63, 3.8) is 0 Å². The van der Waals surface area contributed by atoms with Gasteiger partial charge in [-0.3, -0.25) is 4.98 Å². The predicted molar refractivity (Wildman–Crippen MR) is 53.8 cm³/mol. The van der Waals surface area contributed by atoms with Gasteiger partial charge in [0.1, 0.15) is 11.6 Å². The van der Waals surface area contributed by atoms with Crippen molar-refractivity contribution in [1.29, 1.82) is 0 Å². The van der Waals surface area contributed by atoms with Crippen LogP contribution in [0.4, 0.5) is 14.5 Å². The van der Waals surface area contributed by atoms with Crippen LogP contribution < -0.4 is 5.73 Å². The van der Waals surface area contributed by atoms with E-state index in [1.165, 1.54) is 6.20 Å². The van der Waals surface area contributed by atoms with E-state index in [-0.39, 0.29) is 16.6 Å². The van der Waals surface area contributed by atoms with Gasteiger partial charge < -0.3 is 5.73 Å². The average molecular weight is 259 g/mol. The Morgan fingerprint density at radius 2 is 2.00 bits per heavy atom. The van der Waals surface area contributed by atoms with Crippen LogP contribution in [0.2, 0.25) is 0 Å². The fourth-order valence-corrected chi connectivity index (χ4v) is 1.54. The summed E-state index contributed by atoms with van der Waals surface area (Å²) in [5, 5.41) is 0.140. The first-order valence-electron chi connectivity index (χ1n) is 3.78. The van der Waals surface area contributed by atoms with Gasteiger partial charge >= 0.3 is 0 Å². The van der Waals surface area contributed by atoms with Gasteiger partial charge in [0.15, 0.2) is 0 Å². The number of anilines is 1. The second-order valence-corrected chi connectivity index (χ2v) is 3.66. The van der Waals surface area contributed by atoms with E-state index in [0.717, 1.165) is 12.1 Å². The lowest BCUT2D eigenvalue weighted by atomic mass is 10.2. The quantitative estimate of drug-likeness (QED) is 0.790. The topological polar surface area (TPSA) is 38.9 Å². The molecule has 5 heteroatoms. The molecule has 2 N–H and O–H groups in total. The van der Waals surface area contributed by atoms with E-state index in [2.05, 4.69) is 20.9 Å². The van der Waals surface area contributed by atoms with E-state index in [0.29, 0.717) is 4.47 Å². The molecule has 0 unspecified atom stereocenters. The Balaban J connectivity index is 2.95. The van der Waals surface area contributed by atoms with Gasteiger partial charge in [0, 0.05) is 18.3 Å². The fraction of sp³-hybridized carbons (Fsp3) is 0. The molecule has 0 radical (unpaired) electrons. The molecule has 1 aromatic heterocycles. The number of hydrogen-bond donors (Lipinski definition) is 1. The lowest BCUT2D eigenvalue weighted by Gasteiger charge is -2.04. The number of fused-ring (bicyclic) bond motifs is 1. The van der Waals surface area contributed by atoms with Crippen molar-refractivity contribution in [2.24, 2.45) is 0 Å². The van der Waals surface area contributed by atoms with Crippen molar-refractivity contribution in [1.82, 2.24) is 4.98 Å². The molecule has 2 nitrogen and oxygen atoms in total. The maximum atomic E-state index is 13.3. The summed E-state index contributed by atoms with van der Waals surface area (Å²) < 4.78 is 26.6. The fourth-order valence-electron chi connectivity index (χ4n) is 1.24. The van der Waals surface area contributed by atoms with E-state index >= 15 is 0 Å². The standard InChI is InChI=1S/C9H5BrF2N2/c10-5-3-14-7-2-4(11)1-6(12)8(7)9(5)13/h1-3H,(H2,13,14). The van der Waals surface area contributed by atoms with Crippen LogP contribution in [-0.2, 0) is 0 Å². The van der Waals surface area contributed by atoms with E-state index in [9.17, 15) is 8.78 Å². The van der Waals surface area contributed by atoms with Crippen LogP contribution >= 0.6 is 15.9 Å². The molecular formula is C9H5BrF2N2. The number of nitrogens with two attached hydrogens (primary N) is 1. The molecule has 14 heavy (non-hydrogen) atoms. The first kappa shape index (κ1) is 9.33. The lowest BCUT2D eigenvalue weighted by Crippen LogP contribution is -1.94. The second kappa shape index (κ2) is 3.16. The molecule has 2 rings (SSSR count). The Hall–Kier alpha value is -1.23. The SMILES string of the molecule is Nc1c(Br)cnc2cc(F)cc(F)c12. The molecule has 2 aromatic rings. The largest absolute Gasteiger partial charge is 0.397 e. The summed E-state index contributed by atoms with van der Waals surface area (Å²) in [5.41, 5.74) is 6.06. The summed E-state index contributed by atoms with van der Waals surface area (Å²) in [5.74, 6) is -1.37. The molecule has 0 aliphatic carbocycles. The molecule has 0 atom stereocenters. The van der Waals surface area contributed by atoms with Crippen molar-refractivity contribution >= 4 is 32.5 Å². The predicted octanol–water partition coefficient (Wildman–Crippen LogP) is 2.86. The van der Waals surface area contributed by atoms with E-state index in [1.807, 2.05) is 0 Å². The Kier molecular flexibility index (Phi) is 2.11. The van der Waals surface area contributed by atoms with Crippen LogP contribution in [0.15, 0.2) is 22.8 Å². The molecule has 0 saturated carbocycles. The number of nitrogen functional groups attached to an aromatic ring is 1. The Morgan fingerprint density at radius 1 is 1.29 bits per heavy atom. The summed E-state index contributed by atoms with van der Waals surface area (Å²) in [7, 11) is 0. The van der Waals surface area contributed by atoms with Crippen LogP contribution in [0.3, 0.4) is 0 Å². The minimum absolute atomic E-state index is 0.140. The van der Waals surface area contributed by atoms with E-state index < -0.39 is 11.6 Å². The van der Waals surface area contributed by atoms with Crippen molar-refractivity contribution in [3.8, 4) is 0 Å². The Labute approximate surface area is 86.9 Å². The minimum Gasteiger partial charge on any atom is -0.397 e. The second-order valence-electron chi connectivity index (χ2n) is 2.80. The number of nitrogens with zero attached hydrogens (tertiary/aromatic N) is 1. The highest BCUT2D eigenvalue weighted by Gasteiger charge is 2.10. The van der Waals surface area contributed by atoms with Gasteiger partial charge in [0.05, 0.1) is 21.1 Å². The molecule has 72 valence electrons. The highest BCUT2D eigenvalue weighted by Crippen LogP contribution is 2.29. The highest BCUT2D eigenvalue weighted by molar-refractivity contribution is 9.10. The zero-order valence-corrected chi connectivity index (χ0v) is 8.48. The molecule has 0 bridgehead atoms. The van der Waals surface area contributed by atoms with E-state index in [1.54, 1.807) is 0 Å². The van der Waals surface area contributed by atoms with Crippen LogP contribution in [0.25, 0.3) is 10.9 Å². The molecule has 0 fully saturated rings. The third-order valence-electron chi connectivity index (χ3n) is 1.88. The van der Waals surface area contributed by atoms with Crippen molar-refractivity contribution < 1.29 is 8.78 Å². The zero-order valence-electron chi connectivity index (χ0n) is 6.89. The van der Waals surface area contributed by atoms with Crippen LogP contribution in [0.1, 0.15) is 0 Å². The van der Waals surface area contributed by atoms with Gasteiger partial charge in [0.25, 0.3) is 0 Å². The monoisotopic (exact) mass is 258 g/mol. The maximum Gasteiger partial charge on any atom is 0.137 e. The van der Waals surface area contributed by atoms with Gasteiger partial charge in [-0.2, -0.15) is 0 Å². The molecular weight excluding hydrogens is 254 g/mol. The van der Waals surface area contributed by atoms with E-state index in [4.69, 9.17) is 5.73 Å². The number of aromatic nitrogens is 1. The molecule has 1 aromatic carbocycles. The zero-order chi connectivity index (χ0) is 10.3. The summed E-state index contributed by atoms with van der Waals surface area (Å²) in [6.45, 7) is 0. The Morgan fingerprint density at radius 3 is 2.71 bits per heavy atom.